The third-order valence-corrected chi connectivity index (χ3v) is 4.99. The number of aryl methyl sites for hydroxylation is 2. The minimum absolute atomic E-state index is 0.212. The first-order valence-electron chi connectivity index (χ1n) is 11.2. The Hall–Kier alpha value is -4.86. The lowest BCUT2D eigenvalue weighted by Gasteiger charge is -2.12. The van der Waals surface area contributed by atoms with Gasteiger partial charge >= 0.3 is 11.8 Å². The standard InChI is InChI=1S/C27H28N4O6/c1-17-11-18(2)13-21(12-17)29-25(32)16-37-23-10-5-19(14-24(23)36-4)15-28-31-27(34)26(33)30-20-6-8-22(35-3)9-7-20/h5-15H,16H2,1-4H3,(H,29,32)(H,30,33)(H,31,34)/b28-15-. The Morgan fingerprint density at radius 3 is 2.14 bits per heavy atom. The van der Waals surface area contributed by atoms with Crippen molar-refractivity contribution < 1.29 is 28.6 Å². The molecule has 3 amide bonds. The Balaban J connectivity index is 1.52. The number of nitrogens with zero attached hydrogens (tertiary/aromatic N) is 1. The molecule has 0 aliphatic heterocycles. The van der Waals surface area contributed by atoms with Crippen molar-refractivity contribution >= 4 is 35.3 Å². The van der Waals surface area contributed by atoms with E-state index in [1.54, 1.807) is 42.5 Å². The van der Waals surface area contributed by atoms with Crippen molar-refractivity contribution in [1.29, 1.82) is 0 Å². The van der Waals surface area contributed by atoms with E-state index in [1.165, 1.54) is 20.4 Å². The van der Waals surface area contributed by atoms with Gasteiger partial charge in [0.15, 0.2) is 18.1 Å². The number of benzene rings is 3. The number of carbonyl (C=O) groups is 3. The second-order valence-electron chi connectivity index (χ2n) is 8.01. The molecule has 3 aromatic rings. The lowest BCUT2D eigenvalue weighted by molar-refractivity contribution is -0.136. The zero-order chi connectivity index (χ0) is 26.8. The molecule has 3 rings (SSSR count). The number of hydrazone groups is 1. The molecule has 10 heteroatoms. The molecule has 37 heavy (non-hydrogen) atoms. The van der Waals surface area contributed by atoms with Crippen LogP contribution in [0.1, 0.15) is 16.7 Å². The van der Waals surface area contributed by atoms with E-state index in [2.05, 4.69) is 21.2 Å². The SMILES string of the molecule is COc1ccc(NC(=O)C(=O)N/N=C\c2ccc(OCC(=O)Nc3cc(C)cc(C)c3)c(OC)c2)cc1. The molecule has 3 N–H and O–H groups in total. The fourth-order valence-electron chi connectivity index (χ4n) is 3.35. The third-order valence-electron chi connectivity index (χ3n) is 4.99. The van der Waals surface area contributed by atoms with E-state index in [9.17, 15) is 14.4 Å². The zero-order valence-corrected chi connectivity index (χ0v) is 21.0. The maximum absolute atomic E-state index is 12.3. The fourth-order valence-corrected chi connectivity index (χ4v) is 3.35. The van der Waals surface area contributed by atoms with Crippen LogP contribution in [0.25, 0.3) is 0 Å². The van der Waals surface area contributed by atoms with E-state index in [1.807, 2.05) is 32.0 Å². The highest BCUT2D eigenvalue weighted by molar-refractivity contribution is 6.39. The van der Waals surface area contributed by atoms with Crippen LogP contribution in [0, 0.1) is 13.8 Å². The predicted molar refractivity (Wildman–Crippen MR) is 140 cm³/mol. The van der Waals surface area contributed by atoms with E-state index < -0.39 is 11.8 Å². The van der Waals surface area contributed by atoms with Gasteiger partial charge in [-0.05, 0) is 85.1 Å². The molecular formula is C27H28N4O6. The van der Waals surface area contributed by atoms with Crippen molar-refractivity contribution in [3.63, 3.8) is 0 Å². The monoisotopic (exact) mass is 504 g/mol. The Labute approximate surface area is 214 Å². The summed E-state index contributed by atoms with van der Waals surface area (Å²) in [7, 11) is 2.99. The van der Waals surface area contributed by atoms with Gasteiger partial charge in [0.1, 0.15) is 5.75 Å². The highest BCUT2D eigenvalue weighted by Gasteiger charge is 2.13. The number of rotatable bonds is 9. The molecule has 0 atom stereocenters. The van der Waals surface area contributed by atoms with E-state index in [-0.39, 0.29) is 12.5 Å². The summed E-state index contributed by atoms with van der Waals surface area (Å²) in [6.07, 6.45) is 1.34. The first-order valence-corrected chi connectivity index (χ1v) is 11.2. The smallest absolute Gasteiger partial charge is 0.329 e. The lowest BCUT2D eigenvalue weighted by Crippen LogP contribution is -2.32. The number of nitrogens with one attached hydrogen (secondary N) is 3. The van der Waals surface area contributed by atoms with E-state index >= 15 is 0 Å². The first-order chi connectivity index (χ1) is 17.8. The number of anilines is 2. The number of hydrogen-bond donors (Lipinski definition) is 3. The minimum Gasteiger partial charge on any atom is -0.497 e. The molecule has 0 aliphatic rings. The van der Waals surface area contributed by atoms with E-state index in [0.29, 0.717) is 34.2 Å². The summed E-state index contributed by atoms with van der Waals surface area (Å²) in [5.41, 5.74) is 5.96. The Morgan fingerprint density at radius 2 is 1.49 bits per heavy atom. The number of amides is 3. The average Bonchev–Trinajstić information content (AvgIpc) is 2.87. The average molecular weight is 505 g/mol. The molecule has 0 aromatic heterocycles. The highest BCUT2D eigenvalue weighted by Crippen LogP contribution is 2.27. The molecule has 0 fully saturated rings. The van der Waals surface area contributed by atoms with Crippen LogP contribution in [0.5, 0.6) is 17.2 Å². The van der Waals surface area contributed by atoms with Crippen LogP contribution in [0.3, 0.4) is 0 Å². The summed E-state index contributed by atoms with van der Waals surface area (Å²) in [6.45, 7) is 3.70. The summed E-state index contributed by atoms with van der Waals surface area (Å²) in [6, 6.07) is 17.2. The van der Waals surface area contributed by atoms with E-state index in [4.69, 9.17) is 14.2 Å². The zero-order valence-electron chi connectivity index (χ0n) is 21.0. The molecule has 0 radical (unpaired) electrons. The summed E-state index contributed by atoms with van der Waals surface area (Å²) in [5, 5.41) is 9.07. The minimum atomic E-state index is -0.936. The van der Waals surface area contributed by atoms with Gasteiger partial charge in [-0.1, -0.05) is 6.07 Å². The molecule has 0 heterocycles. The van der Waals surface area contributed by atoms with Crippen LogP contribution in [0.4, 0.5) is 11.4 Å². The van der Waals surface area contributed by atoms with Gasteiger partial charge in [-0.2, -0.15) is 5.10 Å². The van der Waals surface area contributed by atoms with Gasteiger partial charge in [-0.25, -0.2) is 5.43 Å². The molecule has 10 nitrogen and oxygen atoms in total. The summed E-state index contributed by atoms with van der Waals surface area (Å²) in [5.74, 6) is -0.769. The van der Waals surface area contributed by atoms with Gasteiger partial charge in [0.2, 0.25) is 0 Å². The van der Waals surface area contributed by atoms with Crippen LogP contribution in [-0.2, 0) is 14.4 Å². The fraction of sp³-hybridized carbons (Fsp3) is 0.185. The molecule has 0 unspecified atom stereocenters. The quantitative estimate of drug-likeness (QED) is 0.233. The van der Waals surface area contributed by atoms with Crippen LogP contribution >= 0.6 is 0 Å². The Kier molecular flexibility index (Phi) is 9.20. The number of methoxy groups -OCH3 is 2. The van der Waals surface area contributed by atoms with Crippen molar-refractivity contribution in [2.45, 2.75) is 13.8 Å². The van der Waals surface area contributed by atoms with Gasteiger partial charge in [0.25, 0.3) is 5.91 Å². The van der Waals surface area contributed by atoms with E-state index in [0.717, 1.165) is 11.1 Å². The number of ether oxygens (including phenoxy) is 3. The molecule has 0 aliphatic carbocycles. The number of hydrogen-bond acceptors (Lipinski definition) is 7. The highest BCUT2D eigenvalue weighted by atomic mass is 16.5. The predicted octanol–water partition coefficient (Wildman–Crippen LogP) is 3.43. The van der Waals surface area contributed by atoms with Gasteiger partial charge in [-0.15, -0.1) is 0 Å². The summed E-state index contributed by atoms with van der Waals surface area (Å²) in [4.78, 5) is 36.3. The maximum atomic E-state index is 12.3. The van der Waals surface area contributed by atoms with Crippen molar-refractivity contribution in [2.75, 3.05) is 31.5 Å². The summed E-state index contributed by atoms with van der Waals surface area (Å²) >= 11 is 0. The van der Waals surface area contributed by atoms with Crippen LogP contribution in [0.2, 0.25) is 0 Å². The molecular weight excluding hydrogens is 476 g/mol. The van der Waals surface area contributed by atoms with Crippen molar-refractivity contribution in [2.24, 2.45) is 5.10 Å². The number of carbonyl (C=O) groups excluding carboxylic acids is 3. The summed E-state index contributed by atoms with van der Waals surface area (Å²) < 4.78 is 16.0. The second-order valence-corrected chi connectivity index (χ2v) is 8.01. The van der Waals surface area contributed by atoms with Gasteiger partial charge in [-0.3, -0.25) is 14.4 Å². The molecule has 192 valence electrons. The normalized spacial score (nSPS) is 10.5. The topological polar surface area (TPSA) is 127 Å². The molecule has 0 saturated carbocycles. The van der Waals surface area contributed by atoms with Crippen molar-refractivity contribution in [1.82, 2.24) is 5.43 Å². The van der Waals surface area contributed by atoms with Gasteiger partial charge < -0.3 is 24.8 Å². The Morgan fingerprint density at radius 1 is 0.784 bits per heavy atom. The van der Waals surface area contributed by atoms with Gasteiger partial charge in [0, 0.05) is 11.4 Å². The van der Waals surface area contributed by atoms with Crippen molar-refractivity contribution in [3.8, 4) is 17.2 Å². The van der Waals surface area contributed by atoms with Gasteiger partial charge in [0.05, 0.1) is 20.4 Å². The van der Waals surface area contributed by atoms with Crippen LogP contribution in [0.15, 0.2) is 65.8 Å². The molecule has 0 saturated heterocycles. The molecule has 0 bridgehead atoms. The largest absolute Gasteiger partial charge is 0.497 e. The first kappa shape index (κ1) is 26.7. The molecule has 3 aromatic carbocycles. The van der Waals surface area contributed by atoms with Crippen LogP contribution in [-0.4, -0.2) is 44.8 Å². The van der Waals surface area contributed by atoms with Crippen molar-refractivity contribution in [3.05, 3.63) is 77.4 Å². The molecule has 0 spiro atoms. The van der Waals surface area contributed by atoms with Crippen LogP contribution < -0.4 is 30.3 Å². The lowest BCUT2D eigenvalue weighted by atomic mass is 10.1. The third kappa shape index (κ3) is 8.10. The maximum Gasteiger partial charge on any atom is 0.329 e. The Bertz CT molecular complexity index is 1280. The second kappa shape index (κ2) is 12.7.